The lowest BCUT2D eigenvalue weighted by molar-refractivity contribution is -0.175. The molecule has 0 aromatic heterocycles. The molecule has 0 saturated carbocycles. The van der Waals surface area contributed by atoms with Gasteiger partial charge in [0.25, 0.3) is 11.8 Å². The Bertz CT molecular complexity index is 623. The van der Waals surface area contributed by atoms with Crippen LogP contribution in [-0.4, -0.2) is 34.4 Å². The highest BCUT2D eigenvalue weighted by atomic mass is 16.7. The molecule has 0 fully saturated rings. The van der Waals surface area contributed by atoms with E-state index >= 15 is 0 Å². The van der Waals surface area contributed by atoms with Crippen LogP contribution in [0.1, 0.15) is 47.9 Å². The third kappa shape index (κ3) is 3.30. The third-order valence-electron chi connectivity index (χ3n) is 2.66. The van der Waals surface area contributed by atoms with E-state index in [0.29, 0.717) is 5.06 Å². The smallest absolute Gasteiger partial charge is 0.344 e. The van der Waals surface area contributed by atoms with E-state index in [-0.39, 0.29) is 11.1 Å². The van der Waals surface area contributed by atoms with Crippen LogP contribution in [-0.2, 0) is 19.2 Å². The van der Waals surface area contributed by atoms with Gasteiger partial charge in [0.15, 0.2) is 0 Å². The predicted molar refractivity (Wildman–Crippen MR) is 73.5 cm³/mol. The molecule has 2 rings (SSSR count). The Labute approximate surface area is 126 Å². The van der Waals surface area contributed by atoms with Crippen molar-refractivity contribution in [3.8, 4) is 0 Å². The lowest BCUT2D eigenvalue weighted by Crippen LogP contribution is -2.34. The number of ether oxygens (including phenoxy) is 1. The van der Waals surface area contributed by atoms with E-state index in [4.69, 9.17) is 9.57 Å². The van der Waals surface area contributed by atoms with Crippen LogP contribution in [0.3, 0.4) is 0 Å². The highest BCUT2D eigenvalue weighted by Crippen LogP contribution is 2.22. The summed E-state index contributed by atoms with van der Waals surface area (Å²) in [5.41, 5.74) is -0.442. The molecule has 0 N–H and O–H groups in total. The van der Waals surface area contributed by atoms with E-state index in [2.05, 4.69) is 0 Å². The van der Waals surface area contributed by atoms with Gasteiger partial charge in [0.05, 0.1) is 11.1 Å². The standard InChI is InChI=1S/C15H15NO6/c1-15(2,3)21-11(17)8-12(18)22-16-13(19)9-6-4-5-7-10(9)14(16)20/h4-7H,8H2,1-3H3. The fourth-order valence-corrected chi connectivity index (χ4v) is 1.88. The van der Waals surface area contributed by atoms with Crippen molar-refractivity contribution >= 4 is 23.8 Å². The van der Waals surface area contributed by atoms with Crippen molar-refractivity contribution in [2.75, 3.05) is 0 Å². The minimum absolute atomic E-state index is 0.151. The maximum Gasteiger partial charge on any atom is 0.344 e. The molecule has 0 radical (unpaired) electrons. The number of esters is 1. The average Bonchev–Trinajstić information content (AvgIpc) is 2.62. The molecule has 22 heavy (non-hydrogen) atoms. The van der Waals surface area contributed by atoms with E-state index < -0.39 is 35.8 Å². The Balaban J connectivity index is 2.01. The van der Waals surface area contributed by atoms with Crippen molar-refractivity contribution in [3.05, 3.63) is 35.4 Å². The van der Waals surface area contributed by atoms with Crippen LogP contribution in [0.15, 0.2) is 24.3 Å². The van der Waals surface area contributed by atoms with Crippen molar-refractivity contribution in [1.29, 1.82) is 0 Å². The average molecular weight is 305 g/mol. The monoisotopic (exact) mass is 305 g/mol. The van der Waals surface area contributed by atoms with E-state index in [9.17, 15) is 19.2 Å². The molecule has 0 atom stereocenters. The first-order valence-corrected chi connectivity index (χ1v) is 6.59. The molecule has 0 spiro atoms. The molecule has 0 aliphatic carbocycles. The van der Waals surface area contributed by atoms with Crippen LogP contribution in [0.4, 0.5) is 0 Å². The van der Waals surface area contributed by atoms with Gasteiger partial charge in [-0.15, -0.1) is 0 Å². The third-order valence-corrected chi connectivity index (χ3v) is 2.66. The molecule has 1 aliphatic rings. The normalized spacial score (nSPS) is 13.9. The number of carbonyl (C=O) groups excluding carboxylic acids is 4. The summed E-state index contributed by atoms with van der Waals surface area (Å²) in [4.78, 5) is 51.8. The molecule has 2 amide bonds. The molecule has 1 aromatic rings. The Morgan fingerprint density at radius 2 is 1.50 bits per heavy atom. The molecular formula is C15H15NO6. The lowest BCUT2D eigenvalue weighted by atomic mass is 10.1. The highest BCUT2D eigenvalue weighted by Gasteiger charge is 2.39. The van der Waals surface area contributed by atoms with Gasteiger partial charge >= 0.3 is 11.9 Å². The van der Waals surface area contributed by atoms with Crippen molar-refractivity contribution in [2.24, 2.45) is 0 Å². The number of benzene rings is 1. The summed E-state index contributed by atoms with van der Waals surface area (Å²) >= 11 is 0. The largest absolute Gasteiger partial charge is 0.460 e. The van der Waals surface area contributed by atoms with Gasteiger partial charge in [-0.1, -0.05) is 17.2 Å². The molecule has 1 aliphatic heterocycles. The topological polar surface area (TPSA) is 90.0 Å². The van der Waals surface area contributed by atoms with Crippen LogP contribution in [0.25, 0.3) is 0 Å². The SMILES string of the molecule is CC(C)(C)OC(=O)CC(=O)ON1C(=O)c2ccccc2C1=O. The molecule has 0 saturated heterocycles. The fraction of sp³-hybridized carbons (Fsp3) is 0.333. The second kappa shape index (κ2) is 5.59. The number of carbonyl (C=O) groups is 4. The molecule has 0 bridgehead atoms. The van der Waals surface area contributed by atoms with E-state index in [1.54, 1.807) is 32.9 Å². The number of hydrogen-bond donors (Lipinski definition) is 0. The van der Waals surface area contributed by atoms with Gasteiger partial charge < -0.3 is 9.57 Å². The lowest BCUT2D eigenvalue weighted by Gasteiger charge is -2.19. The van der Waals surface area contributed by atoms with Crippen molar-refractivity contribution in [3.63, 3.8) is 0 Å². The zero-order chi connectivity index (χ0) is 16.5. The minimum atomic E-state index is -1.04. The summed E-state index contributed by atoms with van der Waals surface area (Å²) in [7, 11) is 0. The Hall–Kier alpha value is -2.70. The molecule has 1 heterocycles. The zero-order valence-electron chi connectivity index (χ0n) is 12.4. The number of rotatable bonds is 3. The second-order valence-electron chi connectivity index (χ2n) is 5.68. The molecule has 0 unspecified atom stereocenters. The summed E-state index contributed by atoms with van der Waals surface area (Å²) in [6, 6.07) is 6.10. The van der Waals surface area contributed by atoms with Gasteiger partial charge in [0, 0.05) is 0 Å². The molecule has 116 valence electrons. The number of amides is 2. The number of fused-ring (bicyclic) bond motifs is 1. The van der Waals surface area contributed by atoms with Gasteiger partial charge in [-0.3, -0.25) is 14.4 Å². The predicted octanol–water partition coefficient (Wildman–Crippen LogP) is 1.47. The van der Waals surface area contributed by atoms with Crippen molar-refractivity contribution in [1.82, 2.24) is 5.06 Å². The molecular weight excluding hydrogens is 290 g/mol. The van der Waals surface area contributed by atoms with E-state index in [1.165, 1.54) is 12.1 Å². The molecule has 1 aromatic carbocycles. The first kappa shape index (κ1) is 15.7. The Morgan fingerprint density at radius 1 is 1.00 bits per heavy atom. The second-order valence-corrected chi connectivity index (χ2v) is 5.68. The quantitative estimate of drug-likeness (QED) is 0.477. The number of hydroxylamine groups is 2. The maximum atomic E-state index is 12.0. The summed E-state index contributed by atoms with van der Waals surface area (Å²) in [5, 5.41) is 0.359. The van der Waals surface area contributed by atoms with Crippen LogP contribution in [0.5, 0.6) is 0 Å². The number of hydrogen-bond acceptors (Lipinski definition) is 6. The van der Waals surface area contributed by atoms with Crippen LogP contribution < -0.4 is 0 Å². The van der Waals surface area contributed by atoms with Gasteiger partial charge in [-0.25, -0.2) is 4.79 Å². The van der Waals surface area contributed by atoms with Crippen LogP contribution >= 0.6 is 0 Å². The Morgan fingerprint density at radius 3 is 1.95 bits per heavy atom. The van der Waals surface area contributed by atoms with Crippen LogP contribution in [0.2, 0.25) is 0 Å². The summed E-state index contributed by atoms with van der Waals surface area (Å²) in [6.07, 6.45) is -0.690. The molecule has 7 heteroatoms. The zero-order valence-corrected chi connectivity index (χ0v) is 12.4. The molecule has 7 nitrogen and oxygen atoms in total. The number of nitrogens with zero attached hydrogens (tertiary/aromatic N) is 1. The number of imide groups is 1. The first-order chi connectivity index (χ1) is 10.2. The van der Waals surface area contributed by atoms with Crippen LogP contribution in [0, 0.1) is 0 Å². The van der Waals surface area contributed by atoms with Crippen molar-refractivity contribution in [2.45, 2.75) is 32.8 Å². The van der Waals surface area contributed by atoms with Gasteiger partial charge in [-0.2, -0.15) is 0 Å². The van der Waals surface area contributed by atoms with Gasteiger partial charge in [-0.05, 0) is 32.9 Å². The first-order valence-electron chi connectivity index (χ1n) is 6.59. The van der Waals surface area contributed by atoms with E-state index in [0.717, 1.165) is 0 Å². The minimum Gasteiger partial charge on any atom is -0.460 e. The Kier molecular flexibility index (Phi) is 3.99. The highest BCUT2D eigenvalue weighted by molar-refractivity contribution is 6.21. The van der Waals surface area contributed by atoms with Crippen molar-refractivity contribution < 1.29 is 28.8 Å². The summed E-state index contributed by atoms with van der Waals surface area (Å²) in [6.45, 7) is 4.96. The van der Waals surface area contributed by atoms with Gasteiger partial charge in [0.1, 0.15) is 12.0 Å². The van der Waals surface area contributed by atoms with E-state index in [1.807, 2.05) is 0 Å². The summed E-state index contributed by atoms with van der Waals surface area (Å²) in [5.74, 6) is -3.31. The summed E-state index contributed by atoms with van der Waals surface area (Å²) < 4.78 is 4.96. The maximum absolute atomic E-state index is 12.0. The van der Waals surface area contributed by atoms with Gasteiger partial charge in [0.2, 0.25) is 0 Å². The fourth-order valence-electron chi connectivity index (χ4n) is 1.88.